The molecule has 0 saturated carbocycles. The predicted octanol–water partition coefficient (Wildman–Crippen LogP) is 2.08. The lowest BCUT2D eigenvalue weighted by atomic mass is 9.84. The van der Waals surface area contributed by atoms with Crippen LogP contribution in [0.25, 0.3) is 0 Å². The molecule has 0 atom stereocenters. The van der Waals surface area contributed by atoms with Crippen molar-refractivity contribution in [3.63, 3.8) is 0 Å². The van der Waals surface area contributed by atoms with Gasteiger partial charge in [0.1, 0.15) is 5.82 Å². The van der Waals surface area contributed by atoms with Crippen molar-refractivity contribution < 1.29 is 9.50 Å². The summed E-state index contributed by atoms with van der Waals surface area (Å²) < 4.78 is 12.8. The van der Waals surface area contributed by atoms with E-state index in [9.17, 15) is 4.39 Å². The highest BCUT2D eigenvalue weighted by atomic mass is 19.1. The molecule has 2 nitrogen and oxygen atoms in total. The van der Waals surface area contributed by atoms with Crippen molar-refractivity contribution in [3.8, 4) is 0 Å². The molecule has 0 aliphatic heterocycles. The number of nitrogens with one attached hydrogen (secondary N) is 1. The minimum Gasteiger partial charge on any atom is -0.396 e. The average molecular weight is 225 g/mol. The third-order valence-corrected chi connectivity index (χ3v) is 2.70. The van der Waals surface area contributed by atoms with Crippen molar-refractivity contribution >= 4 is 0 Å². The molecule has 90 valence electrons. The van der Waals surface area contributed by atoms with Gasteiger partial charge in [0.2, 0.25) is 0 Å². The number of aliphatic hydroxyl groups excluding tert-OH is 1. The first-order valence-corrected chi connectivity index (χ1v) is 5.64. The van der Waals surface area contributed by atoms with Crippen LogP contribution in [0, 0.1) is 5.82 Å². The number of hydrogen-bond donors (Lipinski definition) is 2. The van der Waals surface area contributed by atoms with Gasteiger partial charge in [-0.1, -0.05) is 26.0 Å². The molecule has 0 unspecified atom stereocenters. The highest BCUT2D eigenvalue weighted by Crippen LogP contribution is 2.22. The summed E-state index contributed by atoms with van der Waals surface area (Å²) >= 11 is 0. The lowest BCUT2D eigenvalue weighted by molar-refractivity contribution is 0.284. The fraction of sp³-hybridized carbons (Fsp3) is 0.538. The van der Waals surface area contributed by atoms with Gasteiger partial charge in [-0.15, -0.1) is 0 Å². The third kappa shape index (κ3) is 3.91. The number of rotatable bonds is 6. The second-order valence-corrected chi connectivity index (χ2v) is 4.64. The summed E-state index contributed by atoms with van der Waals surface area (Å²) in [4.78, 5) is 0. The van der Waals surface area contributed by atoms with Crippen LogP contribution in [0.3, 0.4) is 0 Å². The van der Waals surface area contributed by atoms with Crippen molar-refractivity contribution in [2.24, 2.45) is 0 Å². The van der Waals surface area contributed by atoms with E-state index in [1.54, 1.807) is 0 Å². The Morgan fingerprint density at radius 1 is 1.25 bits per heavy atom. The van der Waals surface area contributed by atoms with Gasteiger partial charge in [-0.25, -0.2) is 4.39 Å². The zero-order valence-corrected chi connectivity index (χ0v) is 9.96. The van der Waals surface area contributed by atoms with Crippen molar-refractivity contribution in [1.82, 2.24) is 5.32 Å². The second kappa shape index (κ2) is 5.97. The molecule has 2 N–H and O–H groups in total. The first-order chi connectivity index (χ1) is 7.56. The second-order valence-electron chi connectivity index (χ2n) is 4.64. The summed E-state index contributed by atoms with van der Waals surface area (Å²) in [5.74, 6) is -0.201. The molecule has 0 aliphatic carbocycles. The molecule has 0 heterocycles. The Labute approximate surface area is 96.5 Å². The van der Waals surface area contributed by atoms with Gasteiger partial charge in [0.25, 0.3) is 0 Å². The van der Waals surface area contributed by atoms with E-state index in [0.717, 1.165) is 25.1 Å². The van der Waals surface area contributed by atoms with Crippen LogP contribution < -0.4 is 5.32 Å². The summed E-state index contributed by atoms with van der Waals surface area (Å²) in [5.41, 5.74) is 1.09. The molecule has 3 heteroatoms. The molecule has 0 fully saturated rings. The maximum Gasteiger partial charge on any atom is 0.123 e. The third-order valence-electron chi connectivity index (χ3n) is 2.70. The molecule has 0 spiro atoms. The number of halogens is 1. The molecule has 0 saturated heterocycles. The van der Waals surface area contributed by atoms with E-state index >= 15 is 0 Å². The molecule has 0 radical (unpaired) electrons. The van der Waals surface area contributed by atoms with Gasteiger partial charge in [0, 0.05) is 18.6 Å². The molecule has 1 rings (SSSR count). The molecule has 0 aliphatic rings. The van der Waals surface area contributed by atoms with E-state index in [0.29, 0.717) is 0 Å². The number of benzene rings is 1. The molecular formula is C13H20FNO. The summed E-state index contributed by atoms with van der Waals surface area (Å²) in [6.07, 6.45) is 0.763. The summed E-state index contributed by atoms with van der Waals surface area (Å²) in [6.45, 7) is 6.07. The lowest BCUT2D eigenvalue weighted by Crippen LogP contribution is -2.33. The molecule has 0 bridgehead atoms. The van der Waals surface area contributed by atoms with Gasteiger partial charge >= 0.3 is 0 Å². The maximum atomic E-state index is 12.8. The average Bonchev–Trinajstić information content (AvgIpc) is 2.25. The van der Waals surface area contributed by atoms with Crippen LogP contribution in [0.15, 0.2) is 24.3 Å². The minimum absolute atomic E-state index is 0.0246. The molecule has 1 aromatic carbocycles. The zero-order valence-electron chi connectivity index (χ0n) is 9.96. The van der Waals surface area contributed by atoms with E-state index in [4.69, 9.17) is 5.11 Å². The van der Waals surface area contributed by atoms with Gasteiger partial charge in [0.15, 0.2) is 0 Å². The maximum absolute atomic E-state index is 12.8. The smallest absolute Gasteiger partial charge is 0.123 e. The fourth-order valence-corrected chi connectivity index (χ4v) is 1.61. The van der Waals surface area contributed by atoms with Crippen LogP contribution >= 0.6 is 0 Å². The van der Waals surface area contributed by atoms with Gasteiger partial charge in [-0.2, -0.15) is 0 Å². The van der Waals surface area contributed by atoms with Crippen LogP contribution in [0.4, 0.5) is 4.39 Å². The van der Waals surface area contributed by atoms with Crippen molar-refractivity contribution in [1.29, 1.82) is 0 Å². The quantitative estimate of drug-likeness (QED) is 0.726. The van der Waals surface area contributed by atoms with Crippen molar-refractivity contribution in [2.45, 2.75) is 25.7 Å². The van der Waals surface area contributed by atoms with E-state index in [1.807, 2.05) is 12.1 Å². The van der Waals surface area contributed by atoms with Crippen LogP contribution in [0.5, 0.6) is 0 Å². The van der Waals surface area contributed by atoms with Gasteiger partial charge in [0.05, 0.1) is 0 Å². The summed E-state index contributed by atoms with van der Waals surface area (Å²) in [6, 6.07) is 6.63. The van der Waals surface area contributed by atoms with E-state index in [1.165, 1.54) is 12.1 Å². The predicted molar refractivity (Wildman–Crippen MR) is 64.0 cm³/mol. The van der Waals surface area contributed by atoms with Gasteiger partial charge in [-0.3, -0.25) is 0 Å². The molecular weight excluding hydrogens is 205 g/mol. The Hall–Kier alpha value is -0.930. The Morgan fingerprint density at radius 2 is 1.88 bits per heavy atom. The molecule has 16 heavy (non-hydrogen) atoms. The largest absolute Gasteiger partial charge is 0.396 e. The molecule has 1 aromatic rings. The lowest BCUT2D eigenvalue weighted by Gasteiger charge is -2.25. The monoisotopic (exact) mass is 225 g/mol. The summed E-state index contributed by atoms with van der Waals surface area (Å²) in [7, 11) is 0. The van der Waals surface area contributed by atoms with Crippen molar-refractivity contribution in [3.05, 3.63) is 35.6 Å². The van der Waals surface area contributed by atoms with Gasteiger partial charge in [-0.05, 0) is 30.7 Å². The van der Waals surface area contributed by atoms with E-state index < -0.39 is 0 Å². The summed E-state index contributed by atoms with van der Waals surface area (Å²) in [5, 5.41) is 11.9. The van der Waals surface area contributed by atoms with Crippen LogP contribution in [-0.2, 0) is 5.41 Å². The van der Waals surface area contributed by atoms with Crippen molar-refractivity contribution in [2.75, 3.05) is 19.7 Å². The van der Waals surface area contributed by atoms with Crippen LogP contribution in [-0.4, -0.2) is 24.8 Å². The first kappa shape index (κ1) is 13.1. The Balaban J connectivity index is 2.52. The van der Waals surface area contributed by atoms with Crippen LogP contribution in [0.1, 0.15) is 25.8 Å². The minimum atomic E-state index is -0.201. The topological polar surface area (TPSA) is 32.3 Å². The first-order valence-electron chi connectivity index (χ1n) is 5.64. The molecule has 0 amide bonds. The Bertz CT molecular complexity index is 308. The zero-order chi connectivity index (χ0) is 12.0. The standard InChI is InChI=1S/C13H20FNO/c1-13(2,10-15-8-3-9-16)11-4-6-12(14)7-5-11/h4-7,15-16H,3,8-10H2,1-2H3. The normalized spacial score (nSPS) is 11.8. The van der Waals surface area contributed by atoms with E-state index in [2.05, 4.69) is 19.2 Å². The number of aliphatic hydroxyl groups is 1. The fourth-order valence-electron chi connectivity index (χ4n) is 1.61. The SMILES string of the molecule is CC(C)(CNCCCO)c1ccc(F)cc1. The Morgan fingerprint density at radius 3 is 2.44 bits per heavy atom. The number of hydrogen-bond acceptors (Lipinski definition) is 2. The van der Waals surface area contributed by atoms with Crippen LogP contribution in [0.2, 0.25) is 0 Å². The van der Waals surface area contributed by atoms with E-state index in [-0.39, 0.29) is 17.8 Å². The Kier molecular flexibility index (Phi) is 4.90. The van der Waals surface area contributed by atoms with Gasteiger partial charge < -0.3 is 10.4 Å². The highest BCUT2D eigenvalue weighted by Gasteiger charge is 2.19. The highest BCUT2D eigenvalue weighted by molar-refractivity contribution is 5.24. The molecule has 0 aromatic heterocycles.